The van der Waals surface area contributed by atoms with E-state index in [1.165, 1.54) is 17.4 Å². The number of carbonyl (C=O) groups is 1. The Morgan fingerprint density at radius 3 is 2.74 bits per heavy atom. The summed E-state index contributed by atoms with van der Waals surface area (Å²) >= 11 is 0. The quantitative estimate of drug-likeness (QED) is 0.197. The van der Waals surface area contributed by atoms with Crippen molar-refractivity contribution in [1.29, 1.82) is 5.41 Å². The first kappa shape index (κ1) is 25.2. The average Bonchev–Trinajstić information content (AvgIpc) is 3.35. The number of nitrogens with zero attached hydrogens (tertiary/aromatic N) is 2. The molecule has 0 spiro atoms. The second-order valence-corrected chi connectivity index (χ2v) is 8.48. The van der Waals surface area contributed by atoms with Crippen molar-refractivity contribution in [3.63, 3.8) is 0 Å². The summed E-state index contributed by atoms with van der Waals surface area (Å²) in [6, 6.07) is 9.40. The van der Waals surface area contributed by atoms with Gasteiger partial charge in [0, 0.05) is 30.9 Å². The van der Waals surface area contributed by atoms with Gasteiger partial charge < -0.3 is 26.3 Å². The Balaban J connectivity index is 1.67. The summed E-state index contributed by atoms with van der Waals surface area (Å²) < 4.78 is 1.53. The number of rotatable bonds is 11. The molecule has 9 heteroatoms. The maximum Gasteiger partial charge on any atom is 0.264 e. The van der Waals surface area contributed by atoms with Crippen molar-refractivity contribution in [1.82, 2.24) is 20.5 Å². The molecule has 6 N–H and O–H groups in total. The van der Waals surface area contributed by atoms with E-state index in [0.29, 0.717) is 36.9 Å². The molecule has 1 aromatic heterocycles. The minimum Gasteiger partial charge on any atom is -0.390 e. The van der Waals surface area contributed by atoms with Crippen LogP contribution in [0.3, 0.4) is 0 Å². The highest BCUT2D eigenvalue weighted by molar-refractivity contribution is 6.00. The number of hydrogen-bond acceptors (Lipinski definition) is 5. The number of pyridine rings is 1. The number of amidine groups is 1. The number of nitrogens with one attached hydrogen (secondary N) is 4. The van der Waals surface area contributed by atoms with E-state index in [4.69, 9.17) is 11.1 Å². The van der Waals surface area contributed by atoms with E-state index in [9.17, 15) is 9.59 Å². The number of hydrogen-bond donors (Lipinski definition) is 5. The largest absolute Gasteiger partial charge is 0.390 e. The second kappa shape index (κ2) is 12.7. The van der Waals surface area contributed by atoms with Crippen LogP contribution in [0.2, 0.25) is 0 Å². The minimum absolute atomic E-state index is 0.0354. The fourth-order valence-electron chi connectivity index (χ4n) is 4.01. The fraction of sp³-hybridized carbons (Fsp3) is 0.440. The number of aliphatic imine (C=N–C) groups is 1. The predicted molar refractivity (Wildman–Crippen MR) is 136 cm³/mol. The van der Waals surface area contributed by atoms with E-state index in [1.807, 2.05) is 12.1 Å². The predicted octanol–water partition coefficient (Wildman–Crippen LogP) is 2.10. The lowest BCUT2D eigenvalue weighted by Gasteiger charge is -2.13. The monoisotopic (exact) mass is 465 g/mol. The molecule has 2 aromatic rings. The van der Waals surface area contributed by atoms with Crippen LogP contribution in [0.1, 0.15) is 60.5 Å². The zero-order valence-electron chi connectivity index (χ0n) is 19.8. The van der Waals surface area contributed by atoms with E-state index in [-0.39, 0.29) is 22.9 Å². The molecule has 1 unspecified atom stereocenters. The van der Waals surface area contributed by atoms with Crippen LogP contribution in [-0.2, 0) is 6.54 Å². The van der Waals surface area contributed by atoms with E-state index in [1.54, 1.807) is 24.4 Å². The van der Waals surface area contributed by atoms with Gasteiger partial charge in [0.15, 0.2) is 0 Å². The lowest BCUT2D eigenvalue weighted by atomic mass is 10.1. The van der Waals surface area contributed by atoms with E-state index in [2.05, 4.69) is 27.9 Å². The van der Waals surface area contributed by atoms with E-state index in [0.717, 1.165) is 37.7 Å². The number of nitrogens with two attached hydrogens (primary N) is 1. The van der Waals surface area contributed by atoms with Crippen LogP contribution in [0.5, 0.6) is 0 Å². The van der Waals surface area contributed by atoms with Crippen molar-refractivity contribution in [2.45, 2.75) is 51.6 Å². The number of carbonyl (C=O) groups excluding carboxylic acids is 1. The summed E-state index contributed by atoms with van der Waals surface area (Å²) in [6.07, 6.45) is 7.95. The van der Waals surface area contributed by atoms with Crippen LogP contribution in [0.4, 0.5) is 5.69 Å². The molecule has 2 heterocycles. The Hall–Kier alpha value is -3.46. The van der Waals surface area contributed by atoms with Crippen LogP contribution in [0.25, 0.3) is 0 Å². The Kier molecular flexibility index (Phi) is 9.40. The second-order valence-electron chi connectivity index (χ2n) is 8.48. The van der Waals surface area contributed by atoms with Gasteiger partial charge in [0.05, 0.1) is 18.6 Å². The van der Waals surface area contributed by atoms with Gasteiger partial charge in [-0.05, 0) is 56.0 Å². The van der Waals surface area contributed by atoms with Crippen molar-refractivity contribution in [2.24, 2.45) is 10.7 Å². The summed E-state index contributed by atoms with van der Waals surface area (Å²) in [7, 11) is 0. The molecule has 0 saturated carbocycles. The van der Waals surface area contributed by atoms with E-state index >= 15 is 0 Å². The van der Waals surface area contributed by atoms with Crippen LogP contribution >= 0.6 is 0 Å². The molecule has 9 nitrogen and oxygen atoms in total. The van der Waals surface area contributed by atoms with E-state index < -0.39 is 0 Å². The van der Waals surface area contributed by atoms with Crippen molar-refractivity contribution < 1.29 is 4.79 Å². The minimum atomic E-state index is -0.320. The third-order valence-electron chi connectivity index (χ3n) is 5.95. The van der Waals surface area contributed by atoms with Crippen LogP contribution in [0.15, 0.2) is 46.3 Å². The Morgan fingerprint density at radius 2 is 2.06 bits per heavy atom. The fourth-order valence-corrected chi connectivity index (χ4v) is 4.01. The Morgan fingerprint density at radius 1 is 1.26 bits per heavy atom. The van der Waals surface area contributed by atoms with Crippen molar-refractivity contribution in [3.8, 4) is 0 Å². The first-order valence-corrected chi connectivity index (χ1v) is 11.9. The number of amides is 1. The summed E-state index contributed by atoms with van der Waals surface area (Å²) in [6.45, 7) is 4.69. The highest BCUT2D eigenvalue weighted by atomic mass is 16.1. The van der Waals surface area contributed by atoms with Crippen LogP contribution in [-0.4, -0.2) is 48.3 Å². The third kappa shape index (κ3) is 6.77. The molecular weight excluding hydrogens is 430 g/mol. The van der Waals surface area contributed by atoms with Gasteiger partial charge in [0.2, 0.25) is 0 Å². The number of aromatic nitrogens is 1. The molecule has 182 valence electrons. The summed E-state index contributed by atoms with van der Waals surface area (Å²) in [5.41, 5.74) is 7.13. The smallest absolute Gasteiger partial charge is 0.264 e. The summed E-state index contributed by atoms with van der Waals surface area (Å²) in [5.74, 6) is -0.0622. The van der Waals surface area contributed by atoms with Crippen molar-refractivity contribution in [2.75, 3.05) is 19.6 Å². The topological polar surface area (TPSA) is 137 Å². The average molecular weight is 466 g/mol. The number of unbranched alkanes of at least 4 members (excludes halogenated alkanes) is 1. The molecule has 1 amide bonds. The van der Waals surface area contributed by atoms with Crippen molar-refractivity contribution in [3.05, 3.63) is 63.6 Å². The molecule has 1 saturated heterocycles. The van der Waals surface area contributed by atoms with Gasteiger partial charge in [-0.3, -0.25) is 15.0 Å². The molecule has 0 radical (unpaired) electrons. The summed E-state index contributed by atoms with van der Waals surface area (Å²) in [5, 5.41) is 17.7. The third-order valence-corrected chi connectivity index (χ3v) is 5.95. The molecular formula is C25H35N7O2. The van der Waals surface area contributed by atoms with Gasteiger partial charge in [0.25, 0.3) is 11.5 Å². The Labute approximate surface area is 200 Å². The van der Waals surface area contributed by atoms with Crippen LogP contribution in [0, 0.1) is 5.41 Å². The zero-order valence-corrected chi connectivity index (χ0v) is 19.8. The molecule has 0 aliphatic carbocycles. The first-order chi connectivity index (χ1) is 16.5. The van der Waals surface area contributed by atoms with Gasteiger partial charge in [-0.15, -0.1) is 0 Å². The van der Waals surface area contributed by atoms with Gasteiger partial charge in [0.1, 0.15) is 11.4 Å². The molecule has 34 heavy (non-hydrogen) atoms. The molecule has 3 rings (SSSR count). The van der Waals surface area contributed by atoms with Gasteiger partial charge >= 0.3 is 0 Å². The lowest BCUT2D eigenvalue weighted by molar-refractivity contribution is 0.0952. The molecule has 1 aromatic carbocycles. The SMILES string of the molecule is CCCCNC(=N)c1c(/N=C/N)ccn(Cc2ccc(C(=O)NCCC3CCCN3)cc2)c1=O. The van der Waals surface area contributed by atoms with Gasteiger partial charge in [-0.2, -0.15) is 0 Å². The van der Waals surface area contributed by atoms with Crippen LogP contribution < -0.4 is 27.2 Å². The molecule has 1 fully saturated rings. The first-order valence-electron chi connectivity index (χ1n) is 11.9. The van der Waals surface area contributed by atoms with Gasteiger partial charge in [-0.25, -0.2) is 4.99 Å². The maximum atomic E-state index is 13.1. The highest BCUT2D eigenvalue weighted by Crippen LogP contribution is 2.15. The highest BCUT2D eigenvalue weighted by Gasteiger charge is 2.16. The molecule has 1 aliphatic heterocycles. The molecule has 1 aliphatic rings. The van der Waals surface area contributed by atoms with Crippen molar-refractivity contribution >= 4 is 23.8 Å². The number of benzene rings is 1. The lowest BCUT2D eigenvalue weighted by Crippen LogP contribution is -2.33. The Bertz CT molecular complexity index is 1050. The molecule has 1 atom stereocenters. The standard InChI is InChI=1S/C25H35N7O2/c1-2-3-12-29-23(27)22-21(31-17-26)11-15-32(25(22)34)16-18-6-8-19(9-7-18)24(33)30-14-10-20-5-4-13-28-20/h6-9,11,15,17,20,28H,2-5,10,12-14,16H2,1H3,(H2,26,31)(H2,27,29)(H,30,33). The normalized spacial score (nSPS) is 15.5. The van der Waals surface area contributed by atoms with Gasteiger partial charge in [-0.1, -0.05) is 25.5 Å². The maximum absolute atomic E-state index is 13.1. The molecule has 0 bridgehead atoms. The zero-order chi connectivity index (χ0) is 24.3. The summed E-state index contributed by atoms with van der Waals surface area (Å²) in [4.78, 5) is 29.6.